The minimum Gasteiger partial charge on any atom is -0.328 e. The standard InChI is InChI=1S/C5H11Cl.C4H11N/c1-2-3-4-5-6;1-3-4(2)5/h2-5H2,1H3;4H,3,5H2,1-2H3. The van der Waals surface area contributed by atoms with Crippen LogP contribution in [0.1, 0.15) is 46.5 Å². The van der Waals surface area contributed by atoms with E-state index in [1.54, 1.807) is 0 Å². The summed E-state index contributed by atoms with van der Waals surface area (Å²) in [4.78, 5) is 0. The average Bonchev–Trinajstić information content (AvgIpc) is 2.02. The number of hydrogen-bond acceptors (Lipinski definition) is 1. The van der Waals surface area contributed by atoms with Gasteiger partial charge in [0.15, 0.2) is 0 Å². The Bertz CT molecular complexity index is 51.5. The normalized spacial score (nSPS) is 11.7. The summed E-state index contributed by atoms with van der Waals surface area (Å²) in [6.45, 7) is 6.25. The van der Waals surface area contributed by atoms with Crippen LogP contribution >= 0.6 is 11.6 Å². The molecule has 2 N–H and O–H groups in total. The molecule has 0 amide bonds. The zero-order chi connectivity index (χ0) is 9.11. The summed E-state index contributed by atoms with van der Waals surface area (Å²) in [5.74, 6) is 0.827. The van der Waals surface area contributed by atoms with E-state index < -0.39 is 0 Å². The van der Waals surface area contributed by atoms with Crippen LogP contribution in [0.3, 0.4) is 0 Å². The summed E-state index contributed by atoms with van der Waals surface area (Å²) in [6, 6.07) is 0.384. The lowest BCUT2D eigenvalue weighted by Gasteiger charge is -1.91. The zero-order valence-corrected chi connectivity index (χ0v) is 8.82. The van der Waals surface area contributed by atoms with E-state index in [1.807, 2.05) is 6.92 Å². The molecule has 2 heteroatoms. The lowest BCUT2D eigenvalue weighted by molar-refractivity contribution is 0.715. The van der Waals surface area contributed by atoms with Crippen molar-refractivity contribution in [2.75, 3.05) is 5.88 Å². The molecule has 0 rings (SSSR count). The molecule has 1 nitrogen and oxygen atoms in total. The van der Waals surface area contributed by atoms with E-state index in [9.17, 15) is 0 Å². The van der Waals surface area contributed by atoms with Crippen LogP contribution in [-0.4, -0.2) is 11.9 Å². The monoisotopic (exact) mass is 179 g/mol. The third-order valence-electron chi connectivity index (χ3n) is 1.38. The van der Waals surface area contributed by atoms with E-state index in [0.29, 0.717) is 6.04 Å². The van der Waals surface area contributed by atoms with E-state index in [2.05, 4.69) is 13.8 Å². The number of nitrogens with two attached hydrogens (primary N) is 1. The van der Waals surface area contributed by atoms with Crippen molar-refractivity contribution in [1.29, 1.82) is 0 Å². The molecule has 1 unspecified atom stereocenters. The predicted molar refractivity (Wildman–Crippen MR) is 54.2 cm³/mol. The Morgan fingerprint density at radius 1 is 1.27 bits per heavy atom. The summed E-state index contributed by atoms with van der Waals surface area (Å²) < 4.78 is 0. The lowest BCUT2D eigenvalue weighted by Crippen LogP contribution is -2.11. The molecular formula is C9H22ClN. The number of rotatable bonds is 4. The molecule has 0 heterocycles. The molecule has 0 aliphatic rings. The Labute approximate surface area is 76.3 Å². The minimum atomic E-state index is 0.384. The molecule has 0 saturated heterocycles. The first-order valence-corrected chi connectivity index (χ1v) is 5.03. The van der Waals surface area contributed by atoms with Crippen molar-refractivity contribution in [3.05, 3.63) is 0 Å². The molecule has 0 spiro atoms. The largest absolute Gasteiger partial charge is 0.328 e. The number of unbranched alkanes of at least 4 members (excludes halogenated alkanes) is 2. The SMILES string of the molecule is CCC(C)N.CCCCCCl. The Balaban J connectivity index is 0. The van der Waals surface area contributed by atoms with Crippen LogP contribution in [0.15, 0.2) is 0 Å². The van der Waals surface area contributed by atoms with Gasteiger partial charge in [0.05, 0.1) is 0 Å². The molecule has 0 saturated carbocycles. The lowest BCUT2D eigenvalue weighted by atomic mass is 10.3. The van der Waals surface area contributed by atoms with E-state index in [0.717, 1.165) is 12.3 Å². The van der Waals surface area contributed by atoms with E-state index in [4.69, 9.17) is 17.3 Å². The summed E-state index contributed by atoms with van der Waals surface area (Å²) in [5.41, 5.74) is 5.29. The van der Waals surface area contributed by atoms with Crippen molar-refractivity contribution in [1.82, 2.24) is 0 Å². The van der Waals surface area contributed by atoms with Gasteiger partial charge in [0.2, 0.25) is 0 Å². The topological polar surface area (TPSA) is 26.0 Å². The predicted octanol–water partition coefficient (Wildman–Crippen LogP) is 3.16. The highest BCUT2D eigenvalue weighted by atomic mass is 35.5. The molecule has 70 valence electrons. The molecule has 0 bridgehead atoms. The number of halogens is 1. The summed E-state index contributed by atoms with van der Waals surface area (Å²) in [7, 11) is 0. The van der Waals surface area contributed by atoms with E-state index in [1.165, 1.54) is 19.3 Å². The maximum Gasteiger partial charge on any atom is 0.0223 e. The van der Waals surface area contributed by atoms with Gasteiger partial charge in [-0.2, -0.15) is 0 Å². The van der Waals surface area contributed by atoms with Gasteiger partial charge in [0, 0.05) is 11.9 Å². The van der Waals surface area contributed by atoms with Gasteiger partial charge in [-0.3, -0.25) is 0 Å². The quantitative estimate of drug-likeness (QED) is 0.521. The molecule has 0 radical (unpaired) electrons. The summed E-state index contributed by atoms with van der Waals surface area (Å²) >= 11 is 5.38. The highest BCUT2D eigenvalue weighted by molar-refractivity contribution is 6.17. The molecule has 0 aromatic heterocycles. The van der Waals surface area contributed by atoms with Crippen LogP contribution in [-0.2, 0) is 0 Å². The van der Waals surface area contributed by atoms with Crippen LogP contribution in [0.2, 0.25) is 0 Å². The van der Waals surface area contributed by atoms with Gasteiger partial charge in [-0.15, -0.1) is 11.6 Å². The van der Waals surface area contributed by atoms with Gasteiger partial charge in [0.25, 0.3) is 0 Å². The zero-order valence-electron chi connectivity index (χ0n) is 8.07. The smallest absolute Gasteiger partial charge is 0.0223 e. The molecular weight excluding hydrogens is 158 g/mol. The average molecular weight is 180 g/mol. The molecule has 0 aromatic rings. The van der Waals surface area contributed by atoms with Gasteiger partial charge >= 0.3 is 0 Å². The first kappa shape index (κ1) is 13.8. The first-order valence-electron chi connectivity index (χ1n) is 4.50. The fourth-order valence-electron chi connectivity index (χ4n) is 0.344. The van der Waals surface area contributed by atoms with Crippen LogP contribution < -0.4 is 5.73 Å². The second-order valence-electron chi connectivity index (χ2n) is 2.78. The molecule has 1 atom stereocenters. The Hall–Kier alpha value is 0.250. The molecule has 0 fully saturated rings. The van der Waals surface area contributed by atoms with Gasteiger partial charge in [-0.1, -0.05) is 26.7 Å². The first-order chi connectivity index (χ1) is 5.18. The van der Waals surface area contributed by atoms with E-state index in [-0.39, 0.29) is 0 Å². The third kappa shape index (κ3) is 25.3. The highest BCUT2D eigenvalue weighted by Gasteiger charge is 1.79. The number of hydrogen-bond donors (Lipinski definition) is 1. The Morgan fingerprint density at radius 3 is 1.82 bits per heavy atom. The second kappa shape index (κ2) is 12.9. The fourth-order valence-corrected chi connectivity index (χ4v) is 0.533. The van der Waals surface area contributed by atoms with Crippen molar-refractivity contribution in [2.24, 2.45) is 5.73 Å². The van der Waals surface area contributed by atoms with Gasteiger partial charge in [0.1, 0.15) is 0 Å². The van der Waals surface area contributed by atoms with Crippen LogP contribution in [0.5, 0.6) is 0 Å². The van der Waals surface area contributed by atoms with E-state index >= 15 is 0 Å². The van der Waals surface area contributed by atoms with Crippen molar-refractivity contribution >= 4 is 11.6 Å². The Kier molecular flexibility index (Phi) is 16.2. The minimum absolute atomic E-state index is 0.384. The summed E-state index contributed by atoms with van der Waals surface area (Å²) in [5, 5.41) is 0. The van der Waals surface area contributed by atoms with Crippen LogP contribution in [0, 0.1) is 0 Å². The maximum atomic E-state index is 5.38. The van der Waals surface area contributed by atoms with Gasteiger partial charge in [-0.25, -0.2) is 0 Å². The molecule has 0 aromatic carbocycles. The fraction of sp³-hybridized carbons (Fsp3) is 1.00. The van der Waals surface area contributed by atoms with Crippen molar-refractivity contribution < 1.29 is 0 Å². The van der Waals surface area contributed by atoms with Gasteiger partial charge < -0.3 is 5.73 Å². The molecule has 11 heavy (non-hydrogen) atoms. The number of alkyl halides is 1. The van der Waals surface area contributed by atoms with Crippen LogP contribution in [0.25, 0.3) is 0 Å². The van der Waals surface area contributed by atoms with Crippen molar-refractivity contribution in [3.8, 4) is 0 Å². The molecule has 0 aliphatic heterocycles. The highest BCUT2D eigenvalue weighted by Crippen LogP contribution is 1.93. The van der Waals surface area contributed by atoms with Gasteiger partial charge in [-0.05, 0) is 19.8 Å². The molecule has 0 aliphatic carbocycles. The van der Waals surface area contributed by atoms with Crippen LogP contribution in [0.4, 0.5) is 0 Å². The Morgan fingerprint density at radius 2 is 1.73 bits per heavy atom. The summed E-state index contributed by atoms with van der Waals surface area (Å²) in [6.07, 6.45) is 4.81. The second-order valence-corrected chi connectivity index (χ2v) is 3.16. The third-order valence-corrected chi connectivity index (χ3v) is 1.65. The maximum absolute atomic E-state index is 5.38. The van der Waals surface area contributed by atoms with Crippen molar-refractivity contribution in [2.45, 2.75) is 52.5 Å². The van der Waals surface area contributed by atoms with Crippen molar-refractivity contribution in [3.63, 3.8) is 0 Å².